The number of halogens is 1. The van der Waals surface area contributed by atoms with E-state index in [-0.39, 0.29) is 18.0 Å². The highest BCUT2D eigenvalue weighted by Gasteiger charge is 2.38. The van der Waals surface area contributed by atoms with Gasteiger partial charge in [-0.2, -0.15) is 4.31 Å². The van der Waals surface area contributed by atoms with Crippen molar-refractivity contribution < 1.29 is 22.3 Å². The number of hydrogen-bond donors (Lipinski definition) is 0. The van der Waals surface area contributed by atoms with Gasteiger partial charge in [0.1, 0.15) is 18.5 Å². The molecule has 0 bridgehead atoms. The summed E-state index contributed by atoms with van der Waals surface area (Å²) in [6.07, 6.45) is 1.78. The highest BCUT2D eigenvalue weighted by atomic mass is 32.2. The quantitative estimate of drug-likeness (QED) is 0.751. The summed E-state index contributed by atoms with van der Waals surface area (Å²) in [6.45, 7) is 0.300. The third-order valence-electron chi connectivity index (χ3n) is 4.35. The van der Waals surface area contributed by atoms with Crippen molar-refractivity contribution in [2.75, 3.05) is 6.54 Å². The Kier molecular flexibility index (Phi) is 5.68. The van der Waals surface area contributed by atoms with Crippen LogP contribution in [-0.4, -0.2) is 31.3 Å². The minimum atomic E-state index is -3.97. The average Bonchev–Trinajstić information content (AvgIpc) is 2.67. The summed E-state index contributed by atoms with van der Waals surface area (Å²) in [5.41, 5.74) is 0.830. The molecule has 0 aromatic heterocycles. The first kappa shape index (κ1) is 18.5. The van der Waals surface area contributed by atoms with Gasteiger partial charge in [0.25, 0.3) is 0 Å². The maximum absolute atomic E-state index is 13.5. The van der Waals surface area contributed by atoms with E-state index in [0.717, 1.165) is 22.4 Å². The predicted octanol–water partition coefficient (Wildman–Crippen LogP) is 3.11. The maximum Gasteiger partial charge on any atom is 0.324 e. The molecule has 1 fully saturated rings. The van der Waals surface area contributed by atoms with Crippen LogP contribution in [0.15, 0.2) is 59.5 Å². The fourth-order valence-electron chi connectivity index (χ4n) is 3.02. The molecule has 1 saturated heterocycles. The summed E-state index contributed by atoms with van der Waals surface area (Å²) < 4.78 is 45.7. The molecule has 7 heteroatoms. The number of nitrogens with zero attached hydrogens (tertiary/aromatic N) is 1. The normalized spacial score (nSPS) is 18.4. The van der Waals surface area contributed by atoms with Crippen LogP contribution in [0.2, 0.25) is 0 Å². The Balaban J connectivity index is 1.78. The van der Waals surface area contributed by atoms with Gasteiger partial charge in [-0.3, -0.25) is 4.79 Å². The number of carbonyl (C=O) groups excluding carboxylic acids is 1. The Labute approximate surface area is 152 Å². The topological polar surface area (TPSA) is 63.7 Å². The Morgan fingerprint density at radius 2 is 1.88 bits per heavy atom. The first-order chi connectivity index (χ1) is 12.5. The van der Waals surface area contributed by atoms with Crippen LogP contribution >= 0.6 is 0 Å². The largest absolute Gasteiger partial charge is 0.460 e. The SMILES string of the molecule is O=C(OCc1ccccc1)[C@@H]1CCCCN1S(=O)(=O)c1cccc(F)c1. The van der Waals surface area contributed by atoms with Crippen molar-refractivity contribution in [1.29, 1.82) is 0 Å². The van der Waals surface area contributed by atoms with Gasteiger partial charge in [0.05, 0.1) is 4.90 Å². The average molecular weight is 377 g/mol. The van der Waals surface area contributed by atoms with E-state index in [2.05, 4.69) is 0 Å². The Morgan fingerprint density at radius 3 is 2.62 bits per heavy atom. The van der Waals surface area contributed by atoms with Crippen molar-refractivity contribution >= 4 is 16.0 Å². The predicted molar refractivity (Wildman–Crippen MR) is 94.2 cm³/mol. The first-order valence-corrected chi connectivity index (χ1v) is 9.90. The lowest BCUT2D eigenvalue weighted by Crippen LogP contribution is -2.48. The third kappa shape index (κ3) is 4.11. The summed E-state index contributed by atoms with van der Waals surface area (Å²) in [5, 5.41) is 0. The summed E-state index contributed by atoms with van der Waals surface area (Å²) in [6, 6.07) is 13.1. The first-order valence-electron chi connectivity index (χ1n) is 8.46. The standard InChI is InChI=1S/C19H20FNO4S/c20-16-9-6-10-17(13-16)26(23,24)21-12-5-4-11-18(21)19(22)25-14-15-7-2-1-3-8-15/h1-3,6-10,13,18H,4-5,11-12,14H2/t18-/m0/s1. The van der Waals surface area contributed by atoms with Crippen LogP contribution in [0.4, 0.5) is 4.39 Å². The van der Waals surface area contributed by atoms with E-state index < -0.39 is 27.9 Å². The molecule has 0 N–H and O–H groups in total. The number of sulfonamides is 1. The molecule has 2 aromatic carbocycles. The number of esters is 1. The van der Waals surface area contributed by atoms with Crippen molar-refractivity contribution in [2.24, 2.45) is 0 Å². The number of benzene rings is 2. The molecule has 5 nitrogen and oxygen atoms in total. The Hall–Kier alpha value is -2.25. The highest BCUT2D eigenvalue weighted by Crippen LogP contribution is 2.26. The lowest BCUT2D eigenvalue weighted by molar-refractivity contribution is -0.150. The molecule has 1 aliphatic heterocycles. The van der Waals surface area contributed by atoms with Crippen molar-refractivity contribution in [1.82, 2.24) is 4.31 Å². The van der Waals surface area contributed by atoms with Gasteiger partial charge in [-0.1, -0.05) is 36.4 Å². The van der Waals surface area contributed by atoms with Crippen LogP contribution < -0.4 is 0 Å². The van der Waals surface area contributed by atoms with Gasteiger partial charge in [-0.25, -0.2) is 12.8 Å². The van der Waals surface area contributed by atoms with Gasteiger partial charge < -0.3 is 4.74 Å². The molecular weight excluding hydrogens is 357 g/mol. The van der Waals surface area contributed by atoms with Gasteiger partial charge in [0.15, 0.2) is 0 Å². The molecule has 3 rings (SSSR count). The van der Waals surface area contributed by atoms with Crippen molar-refractivity contribution in [2.45, 2.75) is 36.8 Å². The van der Waals surface area contributed by atoms with E-state index in [1.165, 1.54) is 18.2 Å². The molecular formula is C19H20FNO4S. The van der Waals surface area contributed by atoms with Crippen molar-refractivity contribution in [3.05, 3.63) is 66.0 Å². The second kappa shape index (κ2) is 7.97. The molecule has 0 spiro atoms. The van der Waals surface area contributed by atoms with E-state index in [4.69, 9.17) is 4.74 Å². The van der Waals surface area contributed by atoms with E-state index in [0.29, 0.717) is 12.8 Å². The number of carbonyl (C=O) groups is 1. The Morgan fingerprint density at radius 1 is 1.12 bits per heavy atom. The number of hydrogen-bond acceptors (Lipinski definition) is 4. The molecule has 2 aromatic rings. The van der Waals surface area contributed by atoms with Gasteiger partial charge in [-0.15, -0.1) is 0 Å². The molecule has 0 aliphatic carbocycles. The van der Waals surface area contributed by atoms with Crippen LogP contribution in [0, 0.1) is 5.82 Å². The number of piperidine rings is 1. The van der Waals surface area contributed by atoms with Gasteiger partial charge in [0, 0.05) is 6.54 Å². The summed E-state index contributed by atoms with van der Waals surface area (Å²) in [4.78, 5) is 12.4. The van der Waals surface area contributed by atoms with E-state index >= 15 is 0 Å². The molecule has 0 amide bonds. The van der Waals surface area contributed by atoms with E-state index in [1.54, 1.807) is 0 Å². The summed E-state index contributed by atoms with van der Waals surface area (Å²) in [5.74, 6) is -1.21. The fraction of sp³-hybridized carbons (Fsp3) is 0.316. The molecule has 1 heterocycles. The second-order valence-corrected chi connectivity index (χ2v) is 8.07. The minimum absolute atomic E-state index is 0.0873. The maximum atomic E-state index is 13.5. The summed E-state index contributed by atoms with van der Waals surface area (Å²) in [7, 11) is -3.97. The van der Waals surface area contributed by atoms with Crippen LogP contribution in [0.1, 0.15) is 24.8 Å². The molecule has 138 valence electrons. The van der Waals surface area contributed by atoms with Gasteiger partial charge >= 0.3 is 5.97 Å². The molecule has 0 unspecified atom stereocenters. The lowest BCUT2D eigenvalue weighted by Gasteiger charge is -2.33. The zero-order valence-corrected chi connectivity index (χ0v) is 15.0. The number of ether oxygens (including phenoxy) is 1. The van der Waals surface area contributed by atoms with Crippen molar-refractivity contribution in [3.63, 3.8) is 0 Å². The summed E-state index contributed by atoms with van der Waals surface area (Å²) >= 11 is 0. The minimum Gasteiger partial charge on any atom is -0.460 e. The molecule has 0 radical (unpaired) electrons. The monoisotopic (exact) mass is 377 g/mol. The van der Waals surface area contributed by atoms with Crippen molar-refractivity contribution in [3.8, 4) is 0 Å². The van der Waals surface area contributed by atoms with Crippen LogP contribution in [-0.2, 0) is 26.2 Å². The number of rotatable bonds is 5. The highest BCUT2D eigenvalue weighted by molar-refractivity contribution is 7.89. The molecule has 26 heavy (non-hydrogen) atoms. The van der Waals surface area contributed by atoms with E-state index in [1.807, 2.05) is 30.3 Å². The molecule has 0 saturated carbocycles. The fourth-order valence-corrected chi connectivity index (χ4v) is 4.69. The lowest BCUT2D eigenvalue weighted by atomic mass is 10.1. The molecule has 1 aliphatic rings. The van der Waals surface area contributed by atoms with Crippen LogP contribution in [0.25, 0.3) is 0 Å². The third-order valence-corrected chi connectivity index (χ3v) is 6.26. The zero-order valence-electron chi connectivity index (χ0n) is 14.2. The van der Waals surface area contributed by atoms with E-state index in [9.17, 15) is 17.6 Å². The zero-order chi connectivity index (χ0) is 18.6. The van der Waals surface area contributed by atoms with Gasteiger partial charge in [-0.05, 0) is 43.0 Å². The smallest absolute Gasteiger partial charge is 0.324 e. The van der Waals surface area contributed by atoms with Crippen LogP contribution in [0.5, 0.6) is 0 Å². The van der Waals surface area contributed by atoms with Crippen LogP contribution in [0.3, 0.4) is 0 Å². The Bertz CT molecular complexity index is 870. The van der Waals surface area contributed by atoms with Gasteiger partial charge in [0.2, 0.25) is 10.0 Å². The molecule has 1 atom stereocenters. The second-order valence-electron chi connectivity index (χ2n) is 6.18.